The molecule has 2 N–H and O–H groups in total. The first-order valence-electron chi connectivity index (χ1n) is 13.3. The van der Waals surface area contributed by atoms with Gasteiger partial charge in [0.05, 0.1) is 24.7 Å². The maximum absolute atomic E-state index is 14.8. The number of carbonyl (C=O) groups is 1. The number of aromatic nitrogens is 3. The van der Waals surface area contributed by atoms with Crippen LogP contribution in [0.4, 0.5) is 28.2 Å². The van der Waals surface area contributed by atoms with E-state index < -0.39 is 65.2 Å². The molecular weight excluding hydrogens is 560 g/mol. The standard InChI is InChI=1S/C28H32F4N6O4/c1-27(2,3)42-25(40)34-22(18-8-5-4-6-9-18)17-37-24(39)23(36-14-12-33-13-15-36)35-38(26(37)41)16-19-20(28(30,31)32)10-7-11-21(19)29/h4-11,22,33H,12-17H2,1-3H3,(H,34,40)/t22-/m0/s1. The number of benzene rings is 2. The zero-order valence-corrected chi connectivity index (χ0v) is 23.4. The third kappa shape index (κ3) is 7.35. The second kappa shape index (κ2) is 12.3. The van der Waals surface area contributed by atoms with E-state index >= 15 is 0 Å². The van der Waals surface area contributed by atoms with Gasteiger partial charge in [-0.1, -0.05) is 36.4 Å². The van der Waals surface area contributed by atoms with E-state index in [9.17, 15) is 31.9 Å². The van der Waals surface area contributed by atoms with Crippen LogP contribution in [0, 0.1) is 5.82 Å². The Morgan fingerprint density at radius 3 is 2.33 bits per heavy atom. The Morgan fingerprint density at radius 1 is 1.05 bits per heavy atom. The summed E-state index contributed by atoms with van der Waals surface area (Å²) in [6.07, 6.45) is -5.70. The maximum Gasteiger partial charge on any atom is 0.416 e. The lowest BCUT2D eigenvalue weighted by Crippen LogP contribution is -2.51. The van der Waals surface area contributed by atoms with E-state index in [-0.39, 0.29) is 5.82 Å². The normalized spacial score (nSPS) is 14.9. The largest absolute Gasteiger partial charge is 0.444 e. The quantitative estimate of drug-likeness (QED) is 0.406. The Morgan fingerprint density at radius 2 is 1.71 bits per heavy atom. The molecule has 1 aliphatic heterocycles. The fourth-order valence-electron chi connectivity index (χ4n) is 4.57. The Kier molecular flexibility index (Phi) is 9.04. The minimum absolute atomic E-state index is 0.176. The van der Waals surface area contributed by atoms with Crippen LogP contribution in [0.3, 0.4) is 0 Å². The molecule has 0 bridgehead atoms. The average Bonchev–Trinajstić information content (AvgIpc) is 2.92. The van der Waals surface area contributed by atoms with Crippen LogP contribution in [0.15, 0.2) is 58.1 Å². The molecule has 14 heteroatoms. The third-order valence-electron chi connectivity index (χ3n) is 6.51. The lowest BCUT2D eigenvalue weighted by atomic mass is 10.1. The summed E-state index contributed by atoms with van der Waals surface area (Å²) < 4.78 is 62.8. The number of nitrogens with one attached hydrogen (secondary N) is 2. The number of alkyl halides is 3. The Balaban J connectivity index is 1.84. The van der Waals surface area contributed by atoms with Gasteiger partial charge in [0.1, 0.15) is 11.4 Å². The number of halogens is 4. The van der Waals surface area contributed by atoms with Gasteiger partial charge in [-0.25, -0.2) is 18.7 Å². The molecule has 0 spiro atoms. The summed E-state index contributed by atoms with van der Waals surface area (Å²) in [7, 11) is 0. The molecule has 42 heavy (non-hydrogen) atoms. The molecule has 1 atom stereocenters. The number of anilines is 1. The first-order chi connectivity index (χ1) is 19.7. The van der Waals surface area contributed by atoms with Crippen molar-refractivity contribution in [3.8, 4) is 0 Å². The van der Waals surface area contributed by atoms with Crippen LogP contribution in [-0.2, 0) is 24.0 Å². The molecule has 2 heterocycles. The Bertz CT molecular complexity index is 1530. The molecule has 1 fully saturated rings. The summed E-state index contributed by atoms with van der Waals surface area (Å²) >= 11 is 0. The Hall–Kier alpha value is -4.20. The molecule has 1 amide bonds. The first kappa shape index (κ1) is 30.8. The van der Waals surface area contributed by atoms with Gasteiger partial charge in [-0.05, 0) is 38.5 Å². The van der Waals surface area contributed by atoms with Gasteiger partial charge in [0, 0.05) is 31.7 Å². The van der Waals surface area contributed by atoms with Gasteiger partial charge in [0.25, 0.3) is 5.56 Å². The van der Waals surface area contributed by atoms with Crippen molar-refractivity contribution < 1.29 is 27.1 Å². The minimum atomic E-state index is -4.90. The van der Waals surface area contributed by atoms with Crippen molar-refractivity contribution in [3.63, 3.8) is 0 Å². The number of carbonyl (C=O) groups excluding carboxylic acids is 1. The van der Waals surface area contributed by atoms with Gasteiger partial charge in [-0.3, -0.25) is 9.36 Å². The summed E-state index contributed by atoms with van der Waals surface area (Å²) in [5.41, 5.74) is -4.21. The van der Waals surface area contributed by atoms with Gasteiger partial charge in [-0.15, -0.1) is 5.10 Å². The van der Waals surface area contributed by atoms with Gasteiger partial charge in [0.2, 0.25) is 5.82 Å². The molecule has 0 saturated carbocycles. The number of rotatable bonds is 7. The highest BCUT2D eigenvalue weighted by Gasteiger charge is 2.35. The minimum Gasteiger partial charge on any atom is -0.444 e. The molecule has 1 saturated heterocycles. The van der Waals surface area contributed by atoms with Crippen LogP contribution in [0.1, 0.15) is 43.5 Å². The molecule has 226 valence electrons. The molecule has 1 aliphatic rings. The van der Waals surface area contributed by atoms with Crippen molar-refractivity contribution in [1.29, 1.82) is 0 Å². The SMILES string of the molecule is CC(C)(C)OC(=O)N[C@@H](Cn1c(=O)c(N2CCNCC2)nn(Cc2c(F)cccc2C(F)(F)F)c1=O)c1ccccc1. The summed E-state index contributed by atoms with van der Waals surface area (Å²) in [6, 6.07) is 10.1. The third-order valence-corrected chi connectivity index (χ3v) is 6.51. The number of amides is 1. The molecular formula is C28H32F4N6O4. The highest BCUT2D eigenvalue weighted by molar-refractivity contribution is 5.68. The molecule has 2 aromatic carbocycles. The highest BCUT2D eigenvalue weighted by atomic mass is 19.4. The van der Waals surface area contributed by atoms with Gasteiger partial charge >= 0.3 is 18.0 Å². The number of hydrogen-bond donors (Lipinski definition) is 2. The van der Waals surface area contributed by atoms with Gasteiger partial charge in [0.15, 0.2) is 0 Å². The molecule has 0 radical (unpaired) electrons. The van der Waals surface area contributed by atoms with Crippen molar-refractivity contribution in [1.82, 2.24) is 25.0 Å². The monoisotopic (exact) mass is 592 g/mol. The smallest absolute Gasteiger partial charge is 0.416 e. The number of ether oxygens (including phenoxy) is 1. The first-order valence-corrected chi connectivity index (χ1v) is 13.3. The Labute approximate surface area is 238 Å². The zero-order valence-electron chi connectivity index (χ0n) is 23.4. The van der Waals surface area contributed by atoms with Crippen LogP contribution in [0.25, 0.3) is 0 Å². The summed E-state index contributed by atoms with van der Waals surface area (Å²) in [4.78, 5) is 41.7. The second-order valence-corrected chi connectivity index (χ2v) is 10.8. The number of nitrogens with zero attached hydrogens (tertiary/aromatic N) is 4. The van der Waals surface area contributed by atoms with Crippen LogP contribution in [0.2, 0.25) is 0 Å². The lowest BCUT2D eigenvalue weighted by molar-refractivity contribution is -0.138. The van der Waals surface area contributed by atoms with Crippen molar-refractivity contribution in [2.75, 3.05) is 31.1 Å². The topological polar surface area (TPSA) is 110 Å². The summed E-state index contributed by atoms with van der Waals surface area (Å²) in [5, 5.41) is 9.93. The highest BCUT2D eigenvalue weighted by Crippen LogP contribution is 2.33. The van der Waals surface area contributed by atoms with E-state index in [4.69, 9.17) is 4.74 Å². The predicted molar refractivity (Wildman–Crippen MR) is 147 cm³/mol. The van der Waals surface area contributed by atoms with Crippen molar-refractivity contribution in [2.45, 2.75) is 51.7 Å². The van der Waals surface area contributed by atoms with Crippen molar-refractivity contribution in [2.24, 2.45) is 0 Å². The van der Waals surface area contributed by atoms with E-state index in [2.05, 4.69) is 15.7 Å². The zero-order chi connectivity index (χ0) is 30.7. The van der Waals surface area contributed by atoms with Crippen LogP contribution in [0.5, 0.6) is 0 Å². The van der Waals surface area contributed by atoms with E-state index in [1.165, 1.54) is 0 Å². The number of alkyl carbamates (subject to hydrolysis) is 1. The molecule has 0 aliphatic carbocycles. The summed E-state index contributed by atoms with van der Waals surface area (Å²) in [6.45, 7) is 5.42. The van der Waals surface area contributed by atoms with Gasteiger partial charge < -0.3 is 20.3 Å². The molecule has 3 aromatic rings. The number of hydrogen-bond acceptors (Lipinski definition) is 7. The van der Waals surface area contributed by atoms with E-state index in [0.29, 0.717) is 42.5 Å². The average molecular weight is 593 g/mol. The molecule has 0 unspecified atom stereocenters. The van der Waals surface area contributed by atoms with Crippen LogP contribution in [-0.4, -0.2) is 52.2 Å². The fraction of sp³-hybridized carbons (Fsp3) is 0.429. The van der Waals surface area contributed by atoms with Crippen molar-refractivity contribution in [3.05, 3.63) is 91.9 Å². The van der Waals surface area contributed by atoms with E-state index in [0.717, 1.165) is 16.7 Å². The van der Waals surface area contributed by atoms with Crippen LogP contribution >= 0.6 is 0 Å². The fourth-order valence-corrected chi connectivity index (χ4v) is 4.57. The molecule has 10 nitrogen and oxygen atoms in total. The predicted octanol–water partition coefficient (Wildman–Crippen LogP) is 3.29. The second-order valence-electron chi connectivity index (χ2n) is 10.8. The summed E-state index contributed by atoms with van der Waals surface area (Å²) in [5.74, 6) is -1.35. The van der Waals surface area contributed by atoms with Crippen LogP contribution < -0.4 is 26.8 Å². The number of piperazine rings is 1. The van der Waals surface area contributed by atoms with Gasteiger partial charge in [-0.2, -0.15) is 13.2 Å². The maximum atomic E-state index is 14.8. The lowest BCUT2D eigenvalue weighted by Gasteiger charge is -2.29. The molecule has 1 aromatic heterocycles. The van der Waals surface area contributed by atoms with Crippen molar-refractivity contribution >= 4 is 11.9 Å². The molecule has 4 rings (SSSR count). The van der Waals surface area contributed by atoms with E-state index in [1.54, 1.807) is 56.0 Å². The van der Waals surface area contributed by atoms with E-state index in [1.807, 2.05) is 0 Å².